The number of aromatic nitrogens is 3. The van der Waals surface area contributed by atoms with Crippen molar-refractivity contribution in [1.29, 1.82) is 0 Å². The second kappa shape index (κ2) is 12.2. The Bertz CT molecular complexity index is 2860. The van der Waals surface area contributed by atoms with E-state index in [-0.39, 0.29) is 5.41 Å². The molecule has 0 radical (unpaired) electrons. The van der Waals surface area contributed by atoms with Crippen LogP contribution in [0.1, 0.15) is 25.0 Å². The molecular weight excluding hydrogens is 643 g/mol. The summed E-state index contributed by atoms with van der Waals surface area (Å²) in [7, 11) is 0. The smallest absolute Gasteiger partial charge is 0.164 e. The molecule has 0 bridgehead atoms. The van der Waals surface area contributed by atoms with E-state index < -0.39 is 0 Å². The molecule has 8 aromatic carbocycles. The fraction of sp³-hybridized carbons (Fsp3) is 0.0600. The highest BCUT2D eigenvalue weighted by molar-refractivity contribution is 6.04. The minimum Gasteiger partial charge on any atom is -0.208 e. The molecule has 10 rings (SSSR count). The molecule has 0 amide bonds. The van der Waals surface area contributed by atoms with Crippen molar-refractivity contribution in [3.05, 3.63) is 187 Å². The Morgan fingerprint density at radius 3 is 1.58 bits per heavy atom. The third-order valence-electron chi connectivity index (χ3n) is 10.9. The molecule has 0 spiro atoms. The Hall–Kier alpha value is -6.71. The molecular formula is C50H35N3. The van der Waals surface area contributed by atoms with Gasteiger partial charge in [-0.1, -0.05) is 172 Å². The third-order valence-corrected chi connectivity index (χ3v) is 10.9. The SMILES string of the molecule is CC1(C)c2ccccc2-c2ccc(-c3ccc4cc(-c5nc(-c6ccccc6)nc(-c6cccc7c(-c8ccccc8)cccc67)n5)ccc4c3)cc21. The molecule has 9 aromatic rings. The van der Waals surface area contributed by atoms with Gasteiger partial charge in [0, 0.05) is 22.1 Å². The first-order valence-electron chi connectivity index (χ1n) is 18.2. The van der Waals surface area contributed by atoms with Gasteiger partial charge in [-0.25, -0.2) is 15.0 Å². The zero-order valence-corrected chi connectivity index (χ0v) is 29.6. The van der Waals surface area contributed by atoms with Crippen LogP contribution in [0, 0.1) is 0 Å². The molecule has 0 atom stereocenters. The van der Waals surface area contributed by atoms with Crippen LogP contribution in [0.5, 0.6) is 0 Å². The summed E-state index contributed by atoms with van der Waals surface area (Å²) in [4.78, 5) is 15.3. The predicted molar refractivity (Wildman–Crippen MR) is 220 cm³/mol. The average molecular weight is 678 g/mol. The number of rotatable bonds is 5. The van der Waals surface area contributed by atoms with E-state index in [0.29, 0.717) is 17.5 Å². The first-order chi connectivity index (χ1) is 26.0. The summed E-state index contributed by atoms with van der Waals surface area (Å²) in [6.07, 6.45) is 0. The average Bonchev–Trinajstić information content (AvgIpc) is 3.45. The fourth-order valence-corrected chi connectivity index (χ4v) is 8.16. The third kappa shape index (κ3) is 5.24. The molecule has 0 N–H and O–H groups in total. The highest BCUT2D eigenvalue weighted by atomic mass is 15.0. The normalized spacial score (nSPS) is 12.9. The van der Waals surface area contributed by atoms with Gasteiger partial charge >= 0.3 is 0 Å². The summed E-state index contributed by atoms with van der Waals surface area (Å²) in [6, 6.07) is 62.6. The lowest BCUT2D eigenvalue weighted by Gasteiger charge is -2.22. The van der Waals surface area contributed by atoms with E-state index in [4.69, 9.17) is 15.0 Å². The van der Waals surface area contributed by atoms with E-state index in [1.165, 1.54) is 49.9 Å². The Labute approximate surface area is 309 Å². The predicted octanol–water partition coefficient (Wildman–Crippen LogP) is 12.8. The van der Waals surface area contributed by atoms with E-state index in [0.717, 1.165) is 32.8 Å². The topological polar surface area (TPSA) is 38.7 Å². The van der Waals surface area contributed by atoms with Crippen molar-refractivity contribution in [2.24, 2.45) is 0 Å². The van der Waals surface area contributed by atoms with Gasteiger partial charge in [-0.05, 0) is 84.3 Å². The standard InChI is InChI=1S/C50H35N3/c1-50(2)45-22-10-9-17-42(45)43-28-27-37(31-46(43)50)35-23-24-36-30-38(26-25-34(36)29-35)48-51-47(33-15-7-4-8-16-33)52-49(53-48)44-21-12-19-40-39(18-11-20-41(40)44)32-13-5-3-6-14-32/h3-31H,1-2H3. The van der Waals surface area contributed by atoms with Crippen molar-refractivity contribution >= 4 is 21.5 Å². The maximum atomic E-state index is 5.17. The van der Waals surface area contributed by atoms with Gasteiger partial charge in [0.2, 0.25) is 0 Å². The lowest BCUT2D eigenvalue weighted by Crippen LogP contribution is -2.14. The summed E-state index contributed by atoms with van der Waals surface area (Å²) in [5.74, 6) is 1.96. The van der Waals surface area contributed by atoms with E-state index in [1.54, 1.807) is 0 Å². The molecule has 0 unspecified atom stereocenters. The van der Waals surface area contributed by atoms with Gasteiger partial charge in [-0.2, -0.15) is 0 Å². The molecule has 0 saturated carbocycles. The molecule has 1 aliphatic carbocycles. The highest BCUT2D eigenvalue weighted by Gasteiger charge is 2.35. The van der Waals surface area contributed by atoms with Crippen LogP contribution in [-0.4, -0.2) is 15.0 Å². The Morgan fingerprint density at radius 1 is 0.321 bits per heavy atom. The molecule has 0 saturated heterocycles. The number of hydrogen-bond donors (Lipinski definition) is 0. The molecule has 3 nitrogen and oxygen atoms in total. The summed E-state index contributed by atoms with van der Waals surface area (Å²) in [6.45, 7) is 4.67. The number of hydrogen-bond acceptors (Lipinski definition) is 3. The minimum absolute atomic E-state index is 0.0358. The maximum Gasteiger partial charge on any atom is 0.164 e. The Balaban J connectivity index is 1.07. The first-order valence-corrected chi connectivity index (χ1v) is 18.2. The van der Waals surface area contributed by atoms with Crippen LogP contribution in [0.4, 0.5) is 0 Å². The Morgan fingerprint density at radius 2 is 0.830 bits per heavy atom. The maximum absolute atomic E-state index is 5.17. The highest BCUT2D eigenvalue weighted by Crippen LogP contribution is 2.49. The van der Waals surface area contributed by atoms with Gasteiger partial charge in [0.25, 0.3) is 0 Å². The zero-order chi connectivity index (χ0) is 35.5. The van der Waals surface area contributed by atoms with Crippen LogP contribution >= 0.6 is 0 Å². The number of benzene rings is 8. The van der Waals surface area contributed by atoms with Crippen molar-refractivity contribution in [3.63, 3.8) is 0 Å². The number of nitrogens with zero attached hydrogens (tertiary/aromatic N) is 3. The van der Waals surface area contributed by atoms with Crippen LogP contribution < -0.4 is 0 Å². The molecule has 0 fully saturated rings. The molecule has 0 aliphatic heterocycles. The lowest BCUT2D eigenvalue weighted by molar-refractivity contribution is 0.660. The van der Waals surface area contributed by atoms with Gasteiger partial charge in [-0.15, -0.1) is 0 Å². The van der Waals surface area contributed by atoms with Crippen LogP contribution in [0.15, 0.2) is 176 Å². The summed E-state index contributed by atoms with van der Waals surface area (Å²) in [5.41, 5.74) is 13.1. The van der Waals surface area contributed by atoms with E-state index in [1.807, 2.05) is 18.2 Å². The van der Waals surface area contributed by atoms with E-state index in [9.17, 15) is 0 Å². The van der Waals surface area contributed by atoms with Crippen LogP contribution in [0.3, 0.4) is 0 Å². The monoisotopic (exact) mass is 677 g/mol. The number of fused-ring (bicyclic) bond motifs is 5. The quantitative estimate of drug-likeness (QED) is 0.182. The largest absolute Gasteiger partial charge is 0.208 e. The van der Waals surface area contributed by atoms with Gasteiger partial charge in [-0.3, -0.25) is 0 Å². The van der Waals surface area contributed by atoms with E-state index >= 15 is 0 Å². The first kappa shape index (κ1) is 31.1. The van der Waals surface area contributed by atoms with Crippen LogP contribution in [0.2, 0.25) is 0 Å². The minimum atomic E-state index is -0.0358. The molecule has 250 valence electrons. The molecule has 1 aromatic heterocycles. The van der Waals surface area contributed by atoms with E-state index in [2.05, 4.69) is 172 Å². The molecule has 1 aliphatic rings. The van der Waals surface area contributed by atoms with Crippen LogP contribution in [0.25, 0.3) is 89.1 Å². The fourth-order valence-electron chi connectivity index (χ4n) is 8.16. The van der Waals surface area contributed by atoms with Crippen molar-refractivity contribution in [2.45, 2.75) is 19.3 Å². The lowest BCUT2D eigenvalue weighted by atomic mass is 9.81. The van der Waals surface area contributed by atoms with Crippen molar-refractivity contribution < 1.29 is 0 Å². The van der Waals surface area contributed by atoms with Gasteiger partial charge in [0.05, 0.1) is 0 Å². The van der Waals surface area contributed by atoms with Crippen molar-refractivity contribution in [2.75, 3.05) is 0 Å². The molecule has 53 heavy (non-hydrogen) atoms. The van der Waals surface area contributed by atoms with Gasteiger partial charge in [0.1, 0.15) is 0 Å². The summed E-state index contributed by atoms with van der Waals surface area (Å²) >= 11 is 0. The van der Waals surface area contributed by atoms with Crippen LogP contribution in [-0.2, 0) is 5.41 Å². The summed E-state index contributed by atoms with van der Waals surface area (Å²) in [5, 5.41) is 4.59. The summed E-state index contributed by atoms with van der Waals surface area (Å²) < 4.78 is 0. The molecule has 1 heterocycles. The van der Waals surface area contributed by atoms with Gasteiger partial charge in [0.15, 0.2) is 17.5 Å². The van der Waals surface area contributed by atoms with Gasteiger partial charge < -0.3 is 0 Å². The van der Waals surface area contributed by atoms with Crippen molar-refractivity contribution in [1.82, 2.24) is 15.0 Å². The Kier molecular flexibility index (Phi) is 7.16. The van der Waals surface area contributed by atoms with Crippen molar-refractivity contribution in [3.8, 4) is 67.5 Å². The second-order valence-electron chi connectivity index (χ2n) is 14.5. The zero-order valence-electron chi connectivity index (χ0n) is 29.6. The second-order valence-corrected chi connectivity index (χ2v) is 14.5. The molecule has 3 heteroatoms.